The third kappa shape index (κ3) is 4.48. The van der Waals surface area contributed by atoms with Gasteiger partial charge in [-0.2, -0.15) is 5.10 Å². The minimum Gasteiger partial charge on any atom is -0.496 e. The molecule has 2 aromatic carbocycles. The first-order valence-electron chi connectivity index (χ1n) is 8.99. The Morgan fingerprint density at radius 1 is 1.23 bits per heavy atom. The molecule has 0 radical (unpaired) electrons. The summed E-state index contributed by atoms with van der Waals surface area (Å²) in [7, 11) is 2.93. The molecule has 0 unspecified atom stereocenters. The van der Waals surface area contributed by atoms with Crippen molar-refractivity contribution in [2.45, 2.75) is 13.5 Å². The Hall–Kier alpha value is -3.27. The topological polar surface area (TPSA) is 112 Å². The van der Waals surface area contributed by atoms with E-state index in [1.54, 1.807) is 41.2 Å². The number of nitrogens with two attached hydrogens (primary N) is 2. The molecule has 158 valence electrons. The lowest BCUT2D eigenvalue weighted by atomic mass is 10.1. The number of ether oxygens (including phenoxy) is 2. The molecule has 10 heteroatoms. The fraction of sp³-hybridized carbons (Fsp3) is 0.200. The fourth-order valence-corrected chi connectivity index (χ4v) is 3.07. The van der Waals surface area contributed by atoms with Gasteiger partial charge in [0.2, 0.25) is 0 Å². The van der Waals surface area contributed by atoms with Gasteiger partial charge in [-0.3, -0.25) is 5.01 Å². The largest absolute Gasteiger partial charge is 0.496 e. The molecule has 0 atom stereocenters. The molecule has 4 N–H and O–H groups in total. The number of aryl methyl sites for hydroxylation is 1. The zero-order valence-electron chi connectivity index (χ0n) is 16.9. The van der Waals surface area contributed by atoms with Gasteiger partial charge in [-0.1, -0.05) is 17.7 Å². The number of nitrogens with zero attached hydrogens (tertiary/aromatic N) is 4. The molecule has 1 aromatic heterocycles. The van der Waals surface area contributed by atoms with Crippen LogP contribution in [0.15, 0.2) is 48.8 Å². The number of methoxy groups -OCH3 is 1. The number of hydrogen-bond donors (Lipinski definition) is 2. The van der Waals surface area contributed by atoms with E-state index >= 15 is 0 Å². The Bertz CT molecular complexity index is 1050. The molecule has 1 heterocycles. The monoisotopic (exact) mass is 430 g/mol. The van der Waals surface area contributed by atoms with Crippen molar-refractivity contribution in [3.05, 3.63) is 64.9 Å². The van der Waals surface area contributed by atoms with E-state index in [1.165, 1.54) is 14.2 Å². The summed E-state index contributed by atoms with van der Waals surface area (Å²) >= 11 is 6.41. The van der Waals surface area contributed by atoms with Crippen LogP contribution in [0.1, 0.15) is 11.1 Å². The zero-order valence-corrected chi connectivity index (χ0v) is 17.6. The minimum atomic E-state index is -0.596. The summed E-state index contributed by atoms with van der Waals surface area (Å²) in [4.78, 5) is 12.2. The SMILES string of the molecule is COc1cccc(N(N)C(=O)N(C)N)c1COc1ccc(-n2cc(C)cn2)cc1Cl. The first-order chi connectivity index (χ1) is 14.3. The van der Waals surface area contributed by atoms with Crippen molar-refractivity contribution in [3.8, 4) is 17.2 Å². The van der Waals surface area contributed by atoms with Gasteiger partial charge in [0.1, 0.15) is 18.1 Å². The van der Waals surface area contributed by atoms with Crippen molar-refractivity contribution >= 4 is 23.3 Å². The first-order valence-corrected chi connectivity index (χ1v) is 9.36. The van der Waals surface area contributed by atoms with Crippen molar-refractivity contribution in [2.24, 2.45) is 11.7 Å². The van der Waals surface area contributed by atoms with Gasteiger partial charge < -0.3 is 9.47 Å². The van der Waals surface area contributed by atoms with Crippen LogP contribution in [0.2, 0.25) is 5.02 Å². The van der Waals surface area contributed by atoms with Crippen LogP contribution in [0.4, 0.5) is 10.5 Å². The maximum absolute atomic E-state index is 12.2. The maximum atomic E-state index is 12.2. The Balaban J connectivity index is 1.85. The Morgan fingerprint density at radius 3 is 2.60 bits per heavy atom. The van der Waals surface area contributed by atoms with Crippen molar-refractivity contribution in [2.75, 3.05) is 19.2 Å². The van der Waals surface area contributed by atoms with Crippen LogP contribution in [-0.4, -0.2) is 35.0 Å². The molecule has 0 spiro atoms. The first kappa shape index (κ1) is 21.4. The summed E-state index contributed by atoms with van der Waals surface area (Å²) in [6.45, 7) is 2.02. The Kier molecular flexibility index (Phi) is 6.46. The Morgan fingerprint density at radius 2 is 2.00 bits per heavy atom. The van der Waals surface area contributed by atoms with Gasteiger partial charge in [-0.05, 0) is 42.8 Å². The molecule has 0 bridgehead atoms. The number of anilines is 1. The van der Waals surface area contributed by atoms with Crippen molar-refractivity contribution < 1.29 is 14.3 Å². The molecule has 0 aliphatic rings. The predicted octanol–water partition coefficient (Wildman–Crippen LogP) is 3.03. The summed E-state index contributed by atoms with van der Waals surface area (Å²) in [5.74, 6) is 12.5. The summed E-state index contributed by atoms with van der Waals surface area (Å²) < 4.78 is 13.1. The van der Waals surface area contributed by atoms with E-state index in [0.717, 1.165) is 21.3 Å². The number of amides is 2. The van der Waals surface area contributed by atoms with Gasteiger partial charge in [0.25, 0.3) is 0 Å². The molecule has 9 nitrogen and oxygen atoms in total. The number of halogens is 1. The maximum Gasteiger partial charge on any atom is 0.352 e. The highest BCUT2D eigenvalue weighted by molar-refractivity contribution is 6.32. The van der Waals surface area contributed by atoms with Gasteiger partial charge in [-0.15, -0.1) is 0 Å². The van der Waals surface area contributed by atoms with E-state index in [4.69, 9.17) is 32.8 Å². The van der Waals surface area contributed by atoms with E-state index in [1.807, 2.05) is 19.2 Å². The van der Waals surface area contributed by atoms with Crippen LogP contribution < -0.4 is 26.2 Å². The van der Waals surface area contributed by atoms with Gasteiger partial charge in [0.15, 0.2) is 0 Å². The average Bonchev–Trinajstić information content (AvgIpc) is 3.17. The molecule has 30 heavy (non-hydrogen) atoms. The molecule has 0 fully saturated rings. The van der Waals surface area contributed by atoms with E-state index in [9.17, 15) is 4.79 Å². The van der Waals surface area contributed by atoms with Crippen LogP contribution in [0.3, 0.4) is 0 Å². The van der Waals surface area contributed by atoms with Crippen LogP contribution >= 0.6 is 11.6 Å². The van der Waals surface area contributed by atoms with Gasteiger partial charge >= 0.3 is 6.03 Å². The summed E-state index contributed by atoms with van der Waals surface area (Å²) in [6, 6.07) is 9.90. The number of aromatic nitrogens is 2. The van der Waals surface area contributed by atoms with Crippen LogP contribution in [-0.2, 0) is 6.61 Å². The lowest BCUT2D eigenvalue weighted by Gasteiger charge is -2.24. The molecule has 0 saturated heterocycles. The number of carbonyl (C=O) groups excluding carboxylic acids is 1. The second-order valence-corrected chi connectivity index (χ2v) is 6.99. The van der Waals surface area contributed by atoms with E-state index in [-0.39, 0.29) is 6.61 Å². The quantitative estimate of drug-likeness (QED) is 0.353. The normalized spacial score (nSPS) is 10.6. The molecule has 0 aliphatic heterocycles. The van der Waals surface area contributed by atoms with Crippen molar-refractivity contribution in [1.29, 1.82) is 0 Å². The number of carbonyl (C=O) groups is 1. The molecule has 0 saturated carbocycles. The number of benzene rings is 2. The van der Waals surface area contributed by atoms with Crippen LogP contribution in [0, 0.1) is 6.92 Å². The standard InChI is InChI=1S/C20H23ClN6O3/c1-13-10-24-26(11-13)14-7-8-19(16(21)9-14)30-12-15-17(5-4-6-18(15)29-3)27(23)20(28)25(2)22/h4-11H,12,22-23H2,1-3H3. The highest BCUT2D eigenvalue weighted by Crippen LogP contribution is 2.32. The molecule has 3 rings (SSSR count). The van der Waals surface area contributed by atoms with E-state index in [2.05, 4.69) is 5.10 Å². The fourth-order valence-electron chi connectivity index (χ4n) is 2.84. The second-order valence-electron chi connectivity index (χ2n) is 6.59. The lowest BCUT2D eigenvalue weighted by molar-refractivity contribution is 0.216. The summed E-state index contributed by atoms with van der Waals surface area (Å²) in [5.41, 5.74) is 2.82. The van der Waals surface area contributed by atoms with Crippen molar-refractivity contribution in [3.63, 3.8) is 0 Å². The van der Waals surface area contributed by atoms with Crippen LogP contribution in [0.5, 0.6) is 11.5 Å². The molecule has 2 amide bonds. The summed E-state index contributed by atoms with van der Waals surface area (Å²) in [5, 5.41) is 6.51. The average molecular weight is 431 g/mol. The highest BCUT2D eigenvalue weighted by atomic mass is 35.5. The summed E-state index contributed by atoms with van der Waals surface area (Å²) in [6.07, 6.45) is 3.66. The van der Waals surface area contributed by atoms with E-state index < -0.39 is 6.03 Å². The van der Waals surface area contributed by atoms with Gasteiger partial charge in [-0.25, -0.2) is 26.2 Å². The molecule has 3 aromatic rings. The predicted molar refractivity (Wildman–Crippen MR) is 115 cm³/mol. The third-order valence-electron chi connectivity index (χ3n) is 4.36. The molecule has 0 aliphatic carbocycles. The Labute approximate surface area is 179 Å². The number of hydrazine groups is 2. The van der Waals surface area contributed by atoms with Gasteiger partial charge in [0.05, 0.1) is 35.3 Å². The number of urea groups is 1. The second kappa shape index (κ2) is 9.04. The van der Waals surface area contributed by atoms with E-state index in [0.29, 0.717) is 27.8 Å². The zero-order chi connectivity index (χ0) is 21.8. The highest BCUT2D eigenvalue weighted by Gasteiger charge is 2.21. The van der Waals surface area contributed by atoms with Crippen molar-refractivity contribution in [1.82, 2.24) is 14.8 Å². The minimum absolute atomic E-state index is 0.0640. The number of hydrogen-bond acceptors (Lipinski definition) is 6. The lowest BCUT2D eigenvalue weighted by Crippen LogP contribution is -2.49. The van der Waals surface area contributed by atoms with Crippen LogP contribution in [0.25, 0.3) is 5.69 Å². The number of rotatable bonds is 6. The molecular weight excluding hydrogens is 408 g/mol. The third-order valence-corrected chi connectivity index (χ3v) is 4.65. The molecular formula is C20H23ClN6O3. The smallest absolute Gasteiger partial charge is 0.352 e. The van der Waals surface area contributed by atoms with Gasteiger partial charge in [0, 0.05) is 13.2 Å².